The molecule has 0 saturated carbocycles. The summed E-state index contributed by atoms with van der Waals surface area (Å²) in [6, 6.07) is 10.1. The van der Waals surface area contributed by atoms with E-state index in [0.717, 1.165) is 12.1 Å². The van der Waals surface area contributed by atoms with Gasteiger partial charge in [0.25, 0.3) is 0 Å². The third-order valence-corrected chi connectivity index (χ3v) is 2.71. The molecule has 0 radical (unpaired) electrons. The van der Waals surface area contributed by atoms with E-state index in [-0.39, 0.29) is 5.91 Å². The zero-order valence-corrected chi connectivity index (χ0v) is 8.94. The highest BCUT2D eigenvalue weighted by molar-refractivity contribution is 5.79. The van der Waals surface area contributed by atoms with Crippen LogP contribution in [0.25, 0.3) is 0 Å². The van der Waals surface area contributed by atoms with Crippen LogP contribution in [-0.2, 0) is 11.3 Å². The minimum absolute atomic E-state index is 0.235. The Kier molecular flexibility index (Phi) is 2.86. The molecule has 0 fully saturated rings. The van der Waals surface area contributed by atoms with Gasteiger partial charge in [0, 0.05) is 12.1 Å². The second-order valence-corrected chi connectivity index (χ2v) is 3.85. The summed E-state index contributed by atoms with van der Waals surface area (Å²) in [5.41, 5.74) is 2.26. The number of allylic oxidation sites excluding steroid dienone is 2. The second-order valence-electron chi connectivity index (χ2n) is 3.85. The highest BCUT2D eigenvalue weighted by Crippen LogP contribution is 2.18. The summed E-state index contributed by atoms with van der Waals surface area (Å²) in [5.74, 6) is 0.235. The van der Waals surface area contributed by atoms with E-state index in [1.807, 2.05) is 30.0 Å². The van der Waals surface area contributed by atoms with Crippen molar-refractivity contribution < 1.29 is 4.79 Å². The third kappa shape index (κ3) is 2.27. The van der Waals surface area contributed by atoms with Crippen LogP contribution >= 0.6 is 0 Å². The number of hydrogen-bond acceptors (Lipinski definition) is 1. The molecule has 0 aromatic heterocycles. The molecule has 0 atom stereocenters. The molecule has 0 saturated heterocycles. The molecule has 0 N–H and O–H groups in total. The van der Waals surface area contributed by atoms with E-state index >= 15 is 0 Å². The van der Waals surface area contributed by atoms with Crippen molar-refractivity contribution in [3.8, 4) is 0 Å². The van der Waals surface area contributed by atoms with Gasteiger partial charge in [0.15, 0.2) is 0 Å². The Morgan fingerprint density at radius 2 is 2.00 bits per heavy atom. The van der Waals surface area contributed by atoms with Crippen LogP contribution in [0.4, 0.5) is 0 Å². The molecule has 0 spiro atoms. The third-order valence-electron chi connectivity index (χ3n) is 2.71. The lowest BCUT2D eigenvalue weighted by Crippen LogP contribution is -2.30. The Balaban J connectivity index is 2.14. The number of benzene rings is 1. The van der Waals surface area contributed by atoms with Gasteiger partial charge in [0.1, 0.15) is 0 Å². The Morgan fingerprint density at radius 3 is 2.67 bits per heavy atom. The topological polar surface area (TPSA) is 20.3 Å². The van der Waals surface area contributed by atoms with Crippen molar-refractivity contribution in [3.63, 3.8) is 0 Å². The molecule has 15 heavy (non-hydrogen) atoms. The predicted octanol–water partition coefficient (Wildman–Crippen LogP) is 2.71. The van der Waals surface area contributed by atoms with Crippen LogP contribution in [0.15, 0.2) is 42.1 Å². The second kappa shape index (κ2) is 4.30. The van der Waals surface area contributed by atoms with Crippen LogP contribution < -0.4 is 0 Å². The predicted molar refractivity (Wildman–Crippen MR) is 60.0 cm³/mol. The highest BCUT2D eigenvalue weighted by Gasteiger charge is 2.18. The molecular formula is C13H15NO. The van der Waals surface area contributed by atoms with Crippen molar-refractivity contribution in [1.82, 2.24) is 4.90 Å². The first kappa shape index (κ1) is 9.97. The molecule has 2 nitrogen and oxygen atoms in total. The number of hydrogen-bond donors (Lipinski definition) is 0. The summed E-state index contributed by atoms with van der Waals surface area (Å²) < 4.78 is 0. The quantitative estimate of drug-likeness (QED) is 0.720. The molecule has 1 aliphatic rings. The lowest BCUT2D eigenvalue weighted by Gasteiger charge is -2.26. The number of rotatable bonds is 2. The number of carbonyl (C=O) groups is 1. The largest absolute Gasteiger partial charge is 0.312 e. The highest BCUT2D eigenvalue weighted by atomic mass is 16.2. The van der Waals surface area contributed by atoms with Gasteiger partial charge in [-0.25, -0.2) is 0 Å². The maximum atomic E-state index is 11.7. The molecule has 78 valence electrons. The summed E-state index contributed by atoms with van der Waals surface area (Å²) in [5, 5.41) is 0. The maximum absolute atomic E-state index is 11.7. The average Bonchev–Trinajstić information content (AvgIpc) is 2.25. The Bertz CT molecular complexity index is 381. The Hall–Kier alpha value is -1.57. The molecule has 1 aromatic carbocycles. The van der Waals surface area contributed by atoms with Crippen molar-refractivity contribution in [3.05, 3.63) is 47.7 Å². The van der Waals surface area contributed by atoms with E-state index in [2.05, 4.69) is 18.2 Å². The summed E-state index contributed by atoms with van der Waals surface area (Å²) in [4.78, 5) is 13.6. The van der Waals surface area contributed by atoms with Gasteiger partial charge in [-0.3, -0.25) is 4.79 Å². The smallest absolute Gasteiger partial charge is 0.227 e. The van der Waals surface area contributed by atoms with Crippen molar-refractivity contribution in [2.75, 3.05) is 0 Å². The maximum Gasteiger partial charge on any atom is 0.227 e. The van der Waals surface area contributed by atoms with Crippen LogP contribution in [0.3, 0.4) is 0 Å². The van der Waals surface area contributed by atoms with Gasteiger partial charge >= 0.3 is 0 Å². The average molecular weight is 201 g/mol. The fourth-order valence-corrected chi connectivity index (χ4v) is 1.83. The van der Waals surface area contributed by atoms with Crippen LogP contribution in [-0.4, -0.2) is 10.8 Å². The zero-order valence-electron chi connectivity index (χ0n) is 8.94. The first-order chi connectivity index (χ1) is 7.27. The summed E-state index contributed by atoms with van der Waals surface area (Å²) in [7, 11) is 0. The molecule has 0 bridgehead atoms. The first-order valence-electron chi connectivity index (χ1n) is 5.28. The Morgan fingerprint density at radius 1 is 1.27 bits per heavy atom. The molecule has 0 aliphatic carbocycles. The van der Waals surface area contributed by atoms with Gasteiger partial charge < -0.3 is 4.90 Å². The fourth-order valence-electron chi connectivity index (χ4n) is 1.83. The van der Waals surface area contributed by atoms with E-state index in [0.29, 0.717) is 13.0 Å². The minimum Gasteiger partial charge on any atom is -0.312 e. The molecule has 0 unspecified atom stereocenters. The Labute approximate surface area is 90.2 Å². The van der Waals surface area contributed by atoms with E-state index in [1.165, 1.54) is 5.56 Å². The number of amides is 1. The molecule has 1 amide bonds. The van der Waals surface area contributed by atoms with E-state index in [4.69, 9.17) is 0 Å². The monoisotopic (exact) mass is 201 g/mol. The van der Waals surface area contributed by atoms with E-state index in [9.17, 15) is 4.79 Å². The molecule has 1 heterocycles. The van der Waals surface area contributed by atoms with Crippen LogP contribution in [0.2, 0.25) is 0 Å². The van der Waals surface area contributed by atoms with Crippen LogP contribution in [0.1, 0.15) is 25.3 Å². The lowest BCUT2D eigenvalue weighted by molar-refractivity contribution is -0.130. The molecule has 1 aromatic rings. The van der Waals surface area contributed by atoms with Crippen molar-refractivity contribution >= 4 is 5.91 Å². The lowest BCUT2D eigenvalue weighted by atomic mass is 10.1. The van der Waals surface area contributed by atoms with Gasteiger partial charge in [-0.1, -0.05) is 36.4 Å². The minimum atomic E-state index is 0.235. The molecule has 2 rings (SSSR count). The summed E-state index contributed by atoms with van der Waals surface area (Å²) in [6.45, 7) is 2.70. The van der Waals surface area contributed by atoms with Gasteiger partial charge in [0.05, 0.1) is 6.54 Å². The number of carbonyl (C=O) groups excluding carboxylic acids is 1. The van der Waals surface area contributed by atoms with E-state index < -0.39 is 0 Å². The van der Waals surface area contributed by atoms with Crippen molar-refractivity contribution in [2.45, 2.75) is 26.3 Å². The molecular weight excluding hydrogens is 186 g/mol. The molecule has 1 aliphatic heterocycles. The SMILES string of the molecule is CC1=CCCC(=O)N1Cc1ccccc1. The standard InChI is InChI=1S/C13H15NO/c1-11-6-5-9-13(15)14(11)10-12-7-3-2-4-8-12/h2-4,6-8H,5,9-10H2,1H3. The summed E-state index contributed by atoms with van der Waals surface area (Å²) >= 11 is 0. The van der Waals surface area contributed by atoms with Gasteiger partial charge in [-0.2, -0.15) is 0 Å². The first-order valence-corrected chi connectivity index (χ1v) is 5.28. The fraction of sp³-hybridized carbons (Fsp3) is 0.308. The molecule has 2 heteroatoms. The van der Waals surface area contributed by atoms with Gasteiger partial charge in [0.2, 0.25) is 5.91 Å². The van der Waals surface area contributed by atoms with E-state index in [1.54, 1.807) is 0 Å². The normalized spacial score (nSPS) is 16.5. The van der Waals surface area contributed by atoms with Crippen LogP contribution in [0, 0.1) is 0 Å². The van der Waals surface area contributed by atoms with Gasteiger partial charge in [-0.15, -0.1) is 0 Å². The zero-order chi connectivity index (χ0) is 10.7. The van der Waals surface area contributed by atoms with Crippen molar-refractivity contribution in [2.24, 2.45) is 0 Å². The van der Waals surface area contributed by atoms with Crippen LogP contribution in [0.5, 0.6) is 0 Å². The number of nitrogens with zero attached hydrogens (tertiary/aromatic N) is 1. The van der Waals surface area contributed by atoms with Crippen molar-refractivity contribution in [1.29, 1.82) is 0 Å². The summed E-state index contributed by atoms with van der Waals surface area (Å²) in [6.07, 6.45) is 3.66. The van der Waals surface area contributed by atoms with Gasteiger partial charge in [-0.05, 0) is 18.9 Å².